The fourth-order valence-electron chi connectivity index (χ4n) is 3.66. The zero-order valence-corrected chi connectivity index (χ0v) is 18.5. The van der Waals surface area contributed by atoms with E-state index >= 15 is 0 Å². The van der Waals surface area contributed by atoms with Gasteiger partial charge in [-0.1, -0.05) is 6.92 Å². The van der Waals surface area contributed by atoms with E-state index in [-0.39, 0.29) is 12.2 Å². The quantitative estimate of drug-likeness (QED) is 0.246. The van der Waals surface area contributed by atoms with Crippen LogP contribution < -0.4 is 5.63 Å². The van der Waals surface area contributed by atoms with E-state index < -0.39 is 11.6 Å². The first-order valence-corrected chi connectivity index (χ1v) is 10.2. The molecule has 2 aromatic heterocycles. The average Bonchev–Trinajstić information content (AvgIpc) is 2.99. The van der Waals surface area contributed by atoms with Gasteiger partial charge in [0.05, 0.1) is 0 Å². The summed E-state index contributed by atoms with van der Waals surface area (Å²) in [7, 11) is 0. The van der Waals surface area contributed by atoms with Crippen LogP contribution in [-0.4, -0.2) is 10.5 Å². The third-order valence-corrected chi connectivity index (χ3v) is 5.50. The Labute approximate surface area is 181 Å². The lowest BCUT2D eigenvalue weighted by Crippen LogP contribution is -2.09. The highest BCUT2D eigenvalue weighted by Gasteiger charge is 2.16. The molecule has 0 fully saturated rings. The van der Waals surface area contributed by atoms with E-state index in [1.54, 1.807) is 12.1 Å². The van der Waals surface area contributed by atoms with Gasteiger partial charge in [0.2, 0.25) is 0 Å². The van der Waals surface area contributed by atoms with Gasteiger partial charge in [-0.05, 0) is 75.1 Å². The number of nitriles is 1. The minimum Gasteiger partial charge on any atom is -0.457 e. The molecule has 0 aliphatic heterocycles. The molecular weight excluding hydrogens is 392 g/mol. The molecule has 3 rings (SSSR count). The van der Waals surface area contributed by atoms with E-state index in [0.717, 1.165) is 41.0 Å². The Morgan fingerprint density at radius 3 is 2.55 bits per heavy atom. The Hall–Kier alpha value is -3.59. The Morgan fingerprint density at radius 2 is 1.87 bits per heavy atom. The molecule has 0 spiro atoms. The molecule has 0 aliphatic carbocycles. The molecular formula is C25H26N2O4. The van der Waals surface area contributed by atoms with Crippen LogP contribution in [0.25, 0.3) is 17.0 Å². The van der Waals surface area contributed by atoms with E-state index in [1.165, 1.54) is 6.07 Å². The number of esters is 1. The smallest absolute Gasteiger partial charge is 0.349 e. The van der Waals surface area contributed by atoms with Gasteiger partial charge in [-0.25, -0.2) is 9.59 Å². The molecule has 0 aliphatic rings. The maximum absolute atomic E-state index is 12.6. The lowest BCUT2D eigenvalue weighted by Gasteiger charge is -2.09. The second kappa shape index (κ2) is 9.05. The Balaban J connectivity index is 1.87. The van der Waals surface area contributed by atoms with Gasteiger partial charge < -0.3 is 13.7 Å². The van der Waals surface area contributed by atoms with E-state index in [4.69, 9.17) is 9.15 Å². The number of aryl methyl sites for hydroxylation is 3. The molecule has 2 heterocycles. The van der Waals surface area contributed by atoms with Crippen molar-refractivity contribution in [1.29, 1.82) is 5.26 Å². The molecule has 0 bridgehead atoms. The second-order valence-electron chi connectivity index (χ2n) is 7.75. The number of hydrogen-bond acceptors (Lipinski definition) is 5. The predicted octanol–water partition coefficient (Wildman–Crippen LogP) is 4.89. The molecule has 0 saturated carbocycles. The van der Waals surface area contributed by atoms with Crippen molar-refractivity contribution in [2.75, 3.05) is 0 Å². The van der Waals surface area contributed by atoms with Crippen molar-refractivity contribution in [3.63, 3.8) is 0 Å². The summed E-state index contributed by atoms with van der Waals surface area (Å²) in [6.07, 6.45) is 2.55. The molecule has 6 heteroatoms. The average molecular weight is 418 g/mol. The Morgan fingerprint density at radius 1 is 1.16 bits per heavy atom. The van der Waals surface area contributed by atoms with Crippen molar-refractivity contribution in [1.82, 2.24) is 4.57 Å². The summed E-state index contributed by atoms with van der Waals surface area (Å²) in [6, 6.07) is 8.91. The molecule has 0 saturated heterocycles. The molecule has 0 N–H and O–H groups in total. The van der Waals surface area contributed by atoms with Crippen molar-refractivity contribution < 1.29 is 13.9 Å². The zero-order valence-electron chi connectivity index (χ0n) is 18.5. The van der Waals surface area contributed by atoms with Gasteiger partial charge in [0.1, 0.15) is 23.8 Å². The maximum Gasteiger partial charge on any atom is 0.349 e. The third kappa shape index (κ3) is 4.61. The van der Waals surface area contributed by atoms with Crippen LogP contribution in [0, 0.1) is 39.0 Å². The lowest BCUT2D eigenvalue weighted by molar-refractivity contribution is -0.139. The van der Waals surface area contributed by atoms with Gasteiger partial charge >= 0.3 is 11.6 Å². The largest absolute Gasteiger partial charge is 0.457 e. The van der Waals surface area contributed by atoms with Gasteiger partial charge in [-0.2, -0.15) is 5.26 Å². The molecule has 0 radical (unpaired) electrons. The van der Waals surface area contributed by atoms with E-state index in [1.807, 2.05) is 45.9 Å². The molecule has 3 aromatic rings. The normalized spacial score (nSPS) is 11.5. The van der Waals surface area contributed by atoms with Crippen molar-refractivity contribution in [2.24, 2.45) is 0 Å². The fourth-order valence-corrected chi connectivity index (χ4v) is 3.66. The molecule has 6 nitrogen and oxygen atoms in total. The van der Waals surface area contributed by atoms with Crippen LogP contribution in [0.15, 0.2) is 39.1 Å². The minimum absolute atomic E-state index is 0.0870. The number of carbonyl (C=O) groups is 1. The van der Waals surface area contributed by atoms with Crippen molar-refractivity contribution >= 4 is 23.0 Å². The van der Waals surface area contributed by atoms with E-state index in [9.17, 15) is 14.9 Å². The third-order valence-electron chi connectivity index (χ3n) is 5.50. The Bertz CT molecular complexity index is 1290. The first-order valence-electron chi connectivity index (χ1n) is 10.2. The molecule has 31 heavy (non-hydrogen) atoms. The number of hydrogen-bond donors (Lipinski definition) is 0. The van der Waals surface area contributed by atoms with E-state index in [0.29, 0.717) is 16.5 Å². The molecule has 0 amide bonds. The fraction of sp³-hybridized carbons (Fsp3) is 0.320. The number of fused-ring (bicyclic) bond motifs is 1. The maximum atomic E-state index is 12.6. The SMILES string of the molecule is CCCn1c(C)cc(/C=C(\C#N)C(=O)OCc2cc(=O)oc3cc(C)c(C)cc23)c1C. The highest BCUT2D eigenvalue weighted by Crippen LogP contribution is 2.23. The van der Waals surface area contributed by atoms with Crippen molar-refractivity contribution in [3.05, 3.63) is 73.9 Å². The number of nitrogens with zero attached hydrogens (tertiary/aromatic N) is 2. The number of ether oxygens (including phenoxy) is 1. The first kappa shape index (κ1) is 22.1. The standard InChI is InChI=1S/C25H26N2O4/c1-6-7-27-17(4)10-19(18(27)5)11-20(13-26)25(29)30-14-21-12-24(28)31-23-9-16(3)15(2)8-22(21)23/h8-12H,6-7,14H2,1-5H3/b20-11+. The van der Waals surface area contributed by atoms with Gasteiger partial charge in [-0.3, -0.25) is 0 Å². The van der Waals surface area contributed by atoms with Crippen LogP contribution in [0.3, 0.4) is 0 Å². The van der Waals surface area contributed by atoms with Crippen LogP contribution in [0.1, 0.15) is 47.0 Å². The molecule has 160 valence electrons. The number of benzene rings is 1. The number of rotatable bonds is 6. The van der Waals surface area contributed by atoms with Crippen molar-refractivity contribution in [3.8, 4) is 6.07 Å². The number of carbonyl (C=O) groups excluding carboxylic acids is 1. The summed E-state index contributed by atoms with van der Waals surface area (Å²) in [4.78, 5) is 24.5. The monoisotopic (exact) mass is 418 g/mol. The van der Waals surface area contributed by atoms with Crippen LogP contribution in [0.2, 0.25) is 0 Å². The topological polar surface area (TPSA) is 85.2 Å². The molecule has 0 unspecified atom stereocenters. The summed E-state index contributed by atoms with van der Waals surface area (Å²) in [5, 5.41) is 10.2. The number of aromatic nitrogens is 1. The van der Waals surface area contributed by atoms with Gasteiger partial charge in [0.25, 0.3) is 0 Å². The summed E-state index contributed by atoms with van der Waals surface area (Å²) >= 11 is 0. The summed E-state index contributed by atoms with van der Waals surface area (Å²) in [6.45, 7) is 10.7. The molecule has 0 atom stereocenters. The summed E-state index contributed by atoms with van der Waals surface area (Å²) in [5.41, 5.74) is 5.31. The summed E-state index contributed by atoms with van der Waals surface area (Å²) < 4.78 is 12.8. The van der Waals surface area contributed by atoms with E-state index in [2.05, 4.69) is 11.5 Å². The Kier molecular flexibility index (Phi) is 6.45. The predicted molar refractivity (Wildman–Crippen MR) is 120 cm³/mol. The highest BCUT2D eigenvalue weighted by atomic mass is 16.5. The zero-order chi connectivity index (χ0) is 22.7. The second-order valence-corrected chi connectivity index (χ2v) is 7.75. The van der Waals surface area contributed by atoms with Crippen LogP contribution in [0.4, 0.5) is 0 Å². The van der Waals surface area contributed by atoms with Crippen LogP contribution >= 0.6 is 0 Å². The van der Waals surface area contributed by atoms with Crippen LogP contribution in [-0.2, 0) is 22.7 Å². The lowest BCUT2D eigenvalue weighted by atomic mass is 10.0. The van der Waals surface area contributed by atoms with Crippen LogP contribution in [0.5, 0.6) is 0 Å². The van der Waals surface area contributed by atoms with Gasteiger partial charge in [0.15, 0.2) is 0 Å². The minimum atomic E-state index is -0.729. The molecule has 1 aromatic carbocycles. The first-order chi connectivity index (χ1) is 14.7. The van der Waals surface area contributed by atoms with Gasteiger partial charge in [-0.15, -0.1) is 0 Å². The van der Waals surface area contributed by atoms with Crippen molar-refractivity contribution in [2.45, 2.75) is 54.2 Å². The van der Waals surface area contributed by atoms with Gasteiger partial charge in [0, 0.05) is 34.9 Å². The summed E-state index contributed by atoms with van der Waals surface area (Å²) in [5.74, 6) is -0.729. The highest BCUT2D eigenvalue weighted by molar-refractivity contribution is 5.98.